The third-order valence-corrected chi connectivity index (χ3v) is 4.62. The molecule has 0 radical (unpaired) electrons. The third kappa shape index (κ3) is 4.45. The van der Waals surface area contributed by atoms with Gasteiger partial charge < -0.3 is 10.1 Å². The van der Waals surface area contributed by atoms with Gasteiger partial charge in [0.15, 0.2) is 5.82 Å². The normalized spacial score (nSPS) is 10.6. The zero-order valence-corrected chi connectivity index (χ0v) is 16.4. The second-order valence-corrected chi connectivity index (χ2v) is 6.79. The number of anilines is 1. The Hall–Kier alpha value is -2.31. The minimum atomic E-state index is -0.239. The number of nitrogens with one attached hydrogen (secondary N) is 1. The van der Waals surface area contributed by atoms with Crippen molar-refractivity contribution in [1.29, 1.82) is 0 Å². The quantitative estimate of drug-likeness (QED) is 0.594. The average molecular weight is 435 g/mol. The van der Waals surface area contributed by atoms with Crippen molar-refractivity contribution in [2.45, 2.75) is 13.5 Å². The van der Waals surface area contributed by atoms with E-state index in [1.54, 1.807) is 35.1 Å². The molecule has 0 bridgehead atoms. The summed E-state index contributed by atoms with van der Waals surface area (Å²) in [4.78, 5) is 12.4. The molecule has 0 fully saturated rings. The Bertz CT molecular complexity index is 909. The van der Waals surface area contributed by atoms with Gasteiger partial charge in [0.2, 0.25) is 0 Å². The number of benzene rings is 2. The monoisotopic (exact) mass is 433 g/mol. The molecule has 1 aromatic heterocycles. The summed E-state index contributed by atoms with van der Waals surface area (Å²) >= 11 is 9.62. The van der Waals surface area contributed by atoms with Crippen LogP contribution < -0.4 is 10.1 Å². The minimum Gasteiger partial charge on any atom is -0.494 e. The Morgan fingerprint density at radius 1 is 1.23 bits per heavy atom. The van der Waals surface area contributed by atoms with Crippen LogP contribution in [0.3, 0.4) is 0 Å². The summed E-state index contributed by atoms with van der Waals surface area (Å²) in [6, 6.07) is 14.6. The number of carbonyl (C=O) groups is 1. The Morgan fingerprint density at radius 3 is 2.65 bits per heavy atom. The zero-order valence-electron chi connectivity index (χ0n) is 14.1. The summed E-state index contributed by atoms with van der Waals surface area (Å²) < 4.78 is 7.80. The molecule has 1 amide bonds. The lowest BCUT2D eigenvalue weighted by atomic mass is 10.2. The van der Waals surface area contributed by atoms with Crippen molar-refractivity contribution >= 4 is 39.3 Å². The maximum absolute atomic E-state index is 12.4. The lowest BCUT2D eigenvalue weighted by Gasteiger charge is -2.06. The summed E-state index contributed by atoms with van der Waals surface area (Å²) in [5.41, 5.74) is 1.48. The molecule has 0 atom stereocenters. The highest BCUT2D eigenvalue weighted by molar-refractivity contribution is 9.10. The summed E-state index contributed by atoms with van der Waals surface area (Å²) in [6.07, 6.45) is 1.80. The van der Waals surface area contributed by atoms with Crippen LogP contribution in [0.25, 0.3) is 0 Å². The van der Waals surface area contributed by atoms with Gasteiger partial charge >= 0.3 is 0 Å². The van der Waals surface area contributed by atoms with E-state index in [1.807, 2.05) is 31.2 Å². The fraction of sp³-hybridized carbons (Fsp3) is 0.158. The van der Waals surface area contributed by atoms with Gasteiger partial charge in [-0.05, 0) is 58.7 Å². The summed E-state index contributed by atoms with van der Waals surface area (Å²) in [6.45, 7) is 3.01. The van der Waals surface area contributed by atoms with Crippen LogP contribution in [0.5, 0.6) is 5.75 Å². The lowest BCUT2D eigenvalue weighted by molar-refractivity contribution is 0.102. The maximum Gasteiger partial charge on any atom is 0.256 e. The molecular formula is C19H17BrClN3O2. The van der Waals surface area contributed by atoms with E-state index < -0.39 is 0 Å². The van der Waals surface area contributed by atoms with Crippen molar-refractivity contribution in [2.24, 2.45) is 0 Å². The van der Waals surface area contributed by atoms with Gasteiger partial charge in [0.1, 0.15) is 5.75 Å². The van der Waals surface area contributed by atoms with E-state index in [1.165, 1.54) is 0 Å². The first-order chi connectivity index (χ1) is 12.6. The van der Waals surface area contributed by atoms with Crippen LogP contribution in [-0.2, 0) is 6.54 Å². The summed E-state index contributed by atoms with van der Waals surface area (Å²) in [5.74, 6) is 0.946. The van der Waals surface area contributed by atoms with Gasteiger partial charge in [0, 0.05) is 16.8 Å². The predicted molar refractivity (Wildman–Crippen MR) is 106 cm³/mol. The number of nitrogens with zero attached hydrogens (tertiary/aromatic N) is 2. The predicted octanol–water partition coefficient (Wildman–Crippen LogP) is 5.00. The molecule has 3 aromatic rings. The van der Waals surface area contributed by atoms with E-state index in [4.69, 9.17) is 16.3 Å². The molecule has 7 heteroatoms. The second-order valence-electron chi connectivity index (χ2n) is 5.53. The number of hydrogen-bond donors (Lipinski definition) is 1. The Kier molecular flexibility index (Phi) is 5.96. The van der Waals surface area contributed by atoms with Gasteiger partial charge in [-0.1, -0.05) is 29.8 Å². The fourth-order valence-corrected chi connectivity index (χ4v) is 3.02. The second kappa shape index (κ2) is 8.38. The molecule has 0 saturated carbocycles. The molecule has 0 aliphatic heterocycles. The molecule has 1 heterocycles. The molecule has 0 spiro atoms. The summed E-state index contributed by atoms with van der Waals surface area (Å²) in [5, 5.41) is 7.90. The number of rotatable bonds is 6. The first-order valence-corrected chi connectivity index (χ1v) is 9.24. The van der Waals surface area contributed by atoms with E-state index >= 15 is 0 Å². The standard InChI is InChI=1S/C19H17BrClN3O2/c1-2-26-15-9-7-13(8-10-15)19(25)22-18-16(20)12-24(23-18)11-14-5-3-4-6-17(14)21/h3-10,12H,2,11H2,1H3,(H,22,23,25). The summed E-state index contributed by atoms with van der Waals surface area (Å²) in [7, 11) is 0. The highest BCUT2D eigenvalue weighted by Gasteiger charge is 2.13. The van der Waals surface area contributed by atoms with Crippen molar-refractivity contribution < 1.29 is 9.53 Å². The van der Waals surface area contributed by atoms with Gasteiger partial charge in [-0.15, -0.1) is 0 Å². The number of amides is 1. The Morgan fingerprint density at radius 2 is 1.96 bits per heavy atom. The highest BCUT2D eigenvalue weighted by atomic mass is 79.9. The Labute approximate surface area is 165 Å². The lowest BCUT2D eigenvalue weighted by Crippen LogP contribution is -2.13. The first kappa shape index (κ1) is 18.5. The van der Waals surface area contributed by atoms with E-state index in [-0.39, 0.29) is 5.91 Å². The van der Waals surface area contributed by atoms with Crippen LogP contribution in [0.1, 0.15) is 22.8 Å². The van der Waals surface area contributed by atoms with Crippen molar-refractivity contribution in [3.8, 4) is 5.75 Å². The molecule has 134 valence electrons. The van der Waals surface area contributed by atoms with E-state index in [2.05, 4.69) is 26.3 Å². The van der Waals surface area contributed by atoms with Crippen molar-refractivity contribution in [1.82, 2.24) is 9.78 Å². The smallest absolute Gasteiger partial charge is 0.256 e. The van der Waals surface area contributed by atoms with Gasteiger partial charge in [-0.25, -0.2) is 0 Å². The van der Waals surface area contributed by atoms with Gasteiger partial charge in [-0.2, -0.15) is 5.10 Å². The molecular weight excluding hydrogens is 418 g/mol. The van der Waals surface area contributed by atoms with E-state index in [0.29, 0.717) is 34.0 Å². The van der Waals surface area contributed by atoms with E-state index in [9.17, 15) is 4.79 Å². The van der Waals surface area contributed by atoms with Gasteiger partial charge in [0.05, 0.1) is 17.6 Å². The SMILES string of the molecule is CCOc1ccc(C(=O)Nc2nn(Cc3ccccc3Cl)cc2Br)cc1. The van der Waals surface area contributed by atoms with Crippen molar-refractivity contribution in [2.75, 3.05) is 11.9 Å². The molecule has 26 heavy (non-hydrogen) atoms. The first-order valence-electron chi connectivity index (χ1n) is 8.07. The number of ether oxygens (including phenoxy) is 1. The maximum atomic E-state index is 12.4. The van der Waals surface area contributed by atoms with Crippen LogP contribution in [-0.4, -0.2) is 22.3 Å². The molecule has 5 nitrogen and oxygen atoms in total. The molecule has 1 N–H and O–H groups in total. The number of carbonyl (C=O) groups excluding carboxylic acids is 1. The average Bonchev–Trinajstić information content (AvgIpc) is 2.97. The van der Waals surface area contributed by atoms with Crippen LogP contribution in [0, 0.1) is 0 Å². The van der Waals surface area contributed by atoms with Gasteiger partial charge in [0.25, 0.3) is 5.91 Å². The molecule has 2 aromatic carbocycles. The minimum absolute atomic E-state index is 0.239. The number of hydrogen-bond acceptors (Lipinski definition) is 3. The highest BCUT2D eigenvalue weighted by Crippen LogP contribution is 2.23. The van der Waals surface area contributed by atoms with Crippen LogP contribution >= 0.6 is 27.5 Å². The third-order valence-electron chi connectivity index (χ3n) is 3.67. The van der Waals surface area contributed by atoms with Crippen LogP contribution in [0.2, 0.25) is 5.02 Å². The number of halogens is 2. The topological polar surface area (TPSA) is 56.1 Å². The molecule has 0 aliphatic rings. The fourth-order valence-electron chi connectivity index (χ4n) is 2.41. The molecule has 0 unspecified atom stereocenters. The largest absolute Gasteiger partial charge is 0.494 e. The Balaban J connectivity index is 1.71. The molecule has 0 aliphatic carbocycles. The van der Waals surface area contributed by atoms with Crippen molar-refractivity contribution in [3.05, 3.63) is 75.4 Å². The van der Waals surface area contributed by atoms with Crippen LogP contribution in [0.15, 0.2) is 59.2 Å². The van der Waals surface area contributed by atoms with Gasteiger partial charge in [-0.3, -0.25) is 9.48 Å². The molecule has 0 saturated heterocycles. The van der Waals surface area contributed by atoms with Crippen molar-refractivity contribution in [3.63, 3.8) is 0 Å². The zero-order chi connectivity index (χ0) is 18.5. The molecule has 3 rings (SSSR count). The van der Waals surface area contributed by atoms with Crippen LogP contribution in [0.4, 0.5) is 5.82 Å². The van der Waals surface area contributed by atoms with E-state index in [0.717, 1.165) is 11.3 Å². The number of aromatic nitrogens is 2.